The number of halogens is 3. The minimum absolute atomic E-state index is 0. The Hall–Kier alpha value is -4.23. The molecule has 0 spiro atoms. The first-order chi connectivity index (χ1) is 22.9. The van der Waals surface area contributed by atoms with E-state index in [1.54, 1.807) is 18.2 Å². The molecule has 8 rings (SSSR count). The lowest BCUT2D eigenvalue weighted by molar-refractivity contribution is -0.0387. The second kappa shape index (κ2) is 15.8. The van der Waals surface area contributed by atoms with Crippen LogP contribution in [0.4, 0.5) is 8.78 Å². The molecule has 4 nitrogen and oxygen atoms in total. The zero-order valence-corrected chi connectivity index (χ0v) is 27.7. The number of nitrogens with one attached hydrogen (secondary N) is 1. The molecule has 2 N–H and O–H groups in total. The Balaban J connectivity index is 0.000000144. The third kappa shape index (κ3) is 8.24. The summed E-state index contributed by atoms with van der Waals surface area (Å²) in [6.07, 6.45) is 6.16. The lowest BCUT2D eigenvalue weighted by atomic mass is 9.75. The molecule has 2 aliphatic carbocycles. The molecule has 0 radical (unpaired) electrons. The Morgan fingerprint density at radius 3 is 1.27 bits per heavy atom. The average Bonchev–Trinajstić information content (AvgIpc) is 3.05. The fourth-order valence-corrected chi connectivity index (χ4v) is 6.18. The van der Waals surface area contributed by atoms with Crippen LogP contribution in [0.3, 0.4) is 0 Å². The molecule has 1 heterocycles. The van der Waals surface area contributed by atoms with Crippen LogP contribution >= 0.6 is 12.4 Å². The first-order valence-corrected chi connectivity index (χ1v) is 16.4. The summed E-state index contributed by atoms with van der Waals surface area (Å²) in [7, 11) is 0. The maximum atomic E-state index is 13.2. The maximum absolute atomic E-state index is 13.2. The monoisotopic (exact) mass is 669 g/mol. The average molecular weight is 670 g/mol. The molecular formula is C41H42ClF2NO3. The normalized spacial score (nSPS) is 17.5. The van der Waals surface area contributed by atoms with E-state index in [-0.39, 0.29) is 35.2 Å². The van der Waals surface area contributed by atoms with Crippen LogP contribution in [0.2, 0.25) is 0 Å². The van der Waals surface area contributed by atoms with Crippen molar-refractivity contribution in [1.29, 1.82) is 0 Å². The molecule has 0 bridgehead atoms. The van der Waals surface area contributed by atoms with E-state index in [0.29, 0.717) is 11.5 Å². The van der Waals surface area contributed by atoms with Crippen LogP contribution in [0, 0.1) is 11.6 Å². The van der Waals surface area contributed by atoms with E-state index in [1.807, 2.05) is 84.9 Å². The molecule has 1 aliphatic heterocycles. The van der Waals surface area contributed by atoms with Crippen molar-refractivity contribution in [2.24, 2.45) is 0 Å². The summed E-state index contributed by atoms with van der Waals surface area (Å²) >= 11 is 0. The standard InChI is InChI=1S/C16H15FO.C15H14FNO.C10H12O.ClH/c17-14-8-4-9-15(12-14)18-16(10-5-11-16)13-6-2-1-3-7-13;16-13-7-4-8-14(9-13)18-15(10-17-11-15)12-5-2-1-3-6-12;11-10(7-4-8-10)9-5-2-1-3-6-9;/h1-4,6-9,12H,5,10-11H2;1-9,17H,10-11H2;1-3,5-6,11H,4,7-8H2;1H. The van der Waals surface area contributed by atoms with Crippen molar-refractivity contribution in [3.05, 3.63) is 168 Å². The number of rotatable bonds is 7. The van der Waals surface area contributed by atoms with Gasteiger partial charge in [0.15, 0.2) is 5.60 Å². The van der Waals surface area contributed by atoms with Gasteiger partial charge in [0.2, 0.25) is 0 Å². The lowest BCUT2D eigenvalue weighted by Gasteiger charge is -2.43. The molecule has 0 atom stereocenters. The Labute approximate surface area is 288 Å². The molecule has 48 heavy (non-hydrogen) atoms. The first-order valence-electron chi connectivity index (χ1n) is 16.4. The fraction of sp³-hybridized carbons (Fsp3) is 0.268. The second-order valence-electron chi connectivity index (χ2n) is 12.5. The predicted molar refractivity (Wildman–Crippen MR) is 188 cm³/mol. The maximum Gasteiger partial charge on any atom is 0.159 e. The Bertz CT molecular complexity index is 1610. The van der Waals surface area contributed by atoms with Gasteiger partial charge in [-0.05, 0) is 79.5 Å². The molecule has 5 aromatic rings. The van der Waals surface area contributed by atoms with Gasteiger partial charge in [-0.3, -0.25) is 0 Å². The van der Waals surface area contributed by atoms with Crippen LogP contribution in [0.1, 0.15) is 55.2 Å². The zero-order chi connectivity index (χ0) is 32.6. The van der Waals surface area contributed by atoms with Crippen LogP contribution in [-0.2, 0) is 16.8 Å². The number of hydrogen-bond donors (Lipinski definition) is 2. The van der Waals surface area contributed by atoms with E-state index in [1.165, 1.54) is 29.8 Å². The summed E-state index contributed by atoms with van der Waals surface area (Å²) in [6, 6.07) is 42.8. The molecular weight excluding hydrogens is 628 g/mol. The van der Waals surface area contributed by atoms with Gasteiger partial charge in [0.1, 0.15) is 28.7 Å². The summed E-state index contributed by atoms with van der Waals surface area (Å²) in [4.78, 5) is 0. The third-order valence-corrected chi connectivity index (χ3v) is 9.29. The number of benzene rings is 5. The van der Waals surface area contributed by atoms with Crippen LogP contribution in [0.5, 0.6) is 11.5 Å². The van der Waals surface area contributed by atoms with Crippen molar-refractivity contribution in [2.75, 3.05) is 13.1 Å². The molecule has 3 fully saturated rings. The van der Waals surface area contributed by atoms with Gasteiger partial charge in [-0.2, -0.15) is 0 Å². The van der Waals surface area contributed by atoms with Crippen molar-refractivity contribution in [3.63, 3.8) is 0 Å². The van der Waals surface area contributed by atoms with Crippen molar-refractivity contribution in [1.82, 2.24) is 5.32 Å². The van der Waals surface area contributed by atoms with Crippen LogP contribution < -0.4 is 14.8 Å². The third-order valence-electron chi connectivity index (χ3n) is 9.29. The molecule has 1 saturated heterocycles. The Morgan fingerprint density at radius 2 is 0.917 bits per heavy atom. The first kappa shape index (κ1) is 35.1. The van der Waals surface area contributed by atoms with E-state index in [9.17, 15) is 13.9 Å². The van der Waals surface area contributed by atoms with Gasteiger partial charge in [-0.25, -0.2) is 8.78 Å². The Morgan fingerprint density at radius 1 is 0.500 bits per heavy atom. The lowest BCUT2D eigenvalue weighted by Crippen LogP contribution is -2.60. The molecule has 0 unspecified atom stereocenters. The highest BCUT2D eigenvalue weighted by Crippen LogP contribution is 2.45. The highest BCUT2D eigenvalue weighted by atomic mass is 35.5. The summed E-state index contributed by atoms with van der Waals surface area (Å²) in [5.41, 5.74) is 2.27. The van der Waals surface area contributed by atoms with Crippen molar-refractivity contribution < 1.29 is 23.4 Å². The molecule has 0 amide bonds. The van der Waals surface area contributed by atoms with Crippen LogP contribution in [-0.4, -0.2) is 18.2 Å². The largest absolute Gasteiger partial charge is 0.482 e. The molecule has 250 valence electrons. The van der Waals surface area contributed by atoms with E-state index < -0.39 is 5.60 Å². The Kier molecular flexibility index (Phi) is 11.5. The summed E-state index contributed by atoms with van der Waals surface area (Å²) in [5, 5.41) is 13.1. The van der Waals surface area contributed by atoms with Crippen molar-refractivity contribution >= 4 is 12.4 Å². The van der Waals surface area contributed by atoms with Crippen molar-refractivity contribution in [2.45, 2.75) is 55.3 Å². The van der Waals surface area contributed by atoms with E-state index >= 15 is 0 Å². The van der Waals surface area contributed by atoms with Gasteiger partial charge < -0.3 is 19.9 Å². The van der Waals surface area contributed by atoms with E-state index in [2.05, 4.69) is 17.4 Å². The molecule has 5 aromatic carbocycles. The molecule has 2 saturated carbocycles. The van der Waals surface area contributed by atoms with E-state index in [0.717, 1.165) is 62.7 Å². The SMILES string of the molecule is Cl.Fc1cccc(OC2(c3ccccc3)CCC2)c1.Fc1cccc(OC2(c3ccccc3)CNC2)c1.OC1(c2ccccc2)CCC1. The molecule has 0 aromatic heterocycles. The second-order valence-corrected chi connectivity index (χ2v) is 12.5. The highest BCUT2D eigenvalue weighted by molar-refractivity contribution is 5.85. The van der Waals surface area contributed by atoms with Gasteiger partial charge in [-0.1, -0.05) is 103 Å². The molecule has 3 aliphatic rings. The summed E-state index contributed by atoms with van der Waals surface area (Å²) in [5.74, 6) is 0.650. The topological polar surface area (TPSA) is 50.7 Å². The minimum Gasteiger partial charge on any atom is -0.482 e. The van der Waals surface area contributed by atoms with Gasteiger partial charge in [-0.15, -0.1) is 12.4 Å². The van der Waals surface area contributed by atoms with Crippen molar-refractivity contribution in [3.8, 4) is 11.5 Å². The number of hydrogen-bond acceptors (Lipinski definition) is 4. The highest BCUT2D eigenvalue weighted by Gasteiger charge is 2.42. The molecule has 7 heteroatoms. The van der Waals surface area contributed by atoms with Gasteiger partial charge in [0, 0.05) is 25.2 Å². The van der Waals surface area contributed by atoms with Gasteiger partial charge >= 0.3 is 0 Å². The van der Waals surface area contributed by atoms with Gasteiger partial charge in [0.05, 0.1) is 5.60 Å². The fourth-order valence-electron chi connectivity index (χ4n) is 6.18. The smallest absolute Gasteiger partial charge is 0.159 e. The van der Waals surface area contributed by atoms with Gasteiger partial charge in [0.25, 0.3) is 0 Å². The van der Waals surface area contributed by atoms with E-state index in [4.69, 9.17) is 9.47 Å². The zero-order valence-electron chi connectivity index (χ0n) is 26.9. The minimum atomic E-state index is -0.485. The van der Waals surface area contributed by atoms with Crippen LogP contribution in [0.15, 0.2) is 140 Å². The number of ether oxygens (including phenoxy) is 2. The van der Waals surface area contributed by atoms with Crippen LogP contribution in [0.25, 0.3) is 0 Å². The quantitative estimate of drug-likeness (QED) is 0.181. The summed E-state index contributed by atoms with van der Waals surface area (Å²) in [6.45, 7) is 1.49. The summed E-state index contributed by atoms with van der Waals surface area (Å²) < 4.78 is 38.4. The predicted octanol–water partition coefficient (Wildman–Crippen LogP) is 9.47. The number of aliphatic hydroxyl groups is 1.